The first-order valence-corrected chi connectivity index (χ1v) is 8.27. The van der Waals surface area contributed by atoms with Gasteiger partial charge in [-0.1, -0.05) is 36.6 Å². The zero-order valence-electron chi connectivity index (χ0n) is 12.7. The summed E-state index contributed by atoms with van der Waals surface area (Å²) in [5, 5.41) is 0.703. The number of carbonyl (C=O) groups excluding carboxylic acids is 1. The smallest absolute Gasteiger partial charge is 0.227 e. The van der Waals surface area contributed by atoms with Crippen molar-refractivity contribution < 1.29 is 4.79 Å². The van der Waals surface area contributed by atoms with Gasteiger partial charge in [-0.25, -0.2) is 0 Å². The van der Waals surface area contributed by atoms with E-state index in [1.807, 2.05) is 29.2 Å². The summed E-state index contributed by atoms with van der Waals surface area (Å²) in [5.74, 6) is 0.651. The maximum absolute atomic E-state index is 12.6. The Hall–Kier alpha value is -1.06. The van der Waals surface area contributed by atoms with Crippen LogP contribution in [0.5, 0.6) is 0 Å². The summed E-state index contributed by atoms with van der Waals surface area (Å²) < 4.78 is 0. The molecular formula is C17H25ClN2O. The number of hydrogen-bond donors (Lipinski definition) is 1. The molecule has 1 aliphatic rings. The Morgan fingerprint density at radius 1 is 1.29 bits per heavy atom. The summed E-state index contributed by atoms with van der Waals surface area (Å²) in [7, 11) is 0. The molecule has 0 bridgehead atoms. The molecule has 0 spiro atoms. The quantitative estimate of drug-likeness (QED) is 0.907. The van der Waals surface area contributed by atoms with Crippen molar-refractivity contribution >= 4 is 17.5 Å². The van der Waals surface area contributed by atoms with Crippen LogP contribution < -0.4 is 5.73 Å². The number of hydrogen-bond acceptors (Lipinski definition) is 2. The lowest BCUT2D eigenvalue weighted by atomic mass is 9.83. The van der Waals surface area contributed by atoms with Crippen LogP contribution in [-0.2, 0) is 11.2 Å². The standard InChI is InChI=1S/C17H25ClN2O/c1-2-20(16-6-4-3-5-14(16)12-19)17(21)11-13-7-9-15(18)10-8-13/h7-10,14,16H,2-6,11-12,19H2,1H3. The van der Waals surface area contributed by atoms with E-state index >= 15 is 0 Å². The number of likely N-dealkylation sites (N-methyl/N-ethyl adjacent to an activating group) is 1. The third kappa shape index (κ3) is 4.21. The fraction of sp³-hybridized carbons (Fsp3) is 0.588. The van der Waals surface area contributed by atoms with Gasteiger partial charge in [-0.05, 0) is 49.9 Å². The number of rotatable bonds is 5. The van der Waals surface area contributed by atoms with Crippen LogP contribution in [0, 0.1) is 5.92 Å². The average molecular weight is 309 g/mol. The molecule has 1 saturated carbocycles. The van der Waals surface area contributed by atoms with Crippen molar-refractivity contribution in [1.29, 1.82) is 0 Å². The molecule has 116 valence electrons. The first-order valence-electron chi connectivity index (χ1n) is 7.89. The molecule has 1 amide bonds. The Balaban J connectivity index is 2.05. The molecule has 0 heterocycles. The molecule has 0 aromatic heterocycles. The summed E-state index contributed by atoms with van der Waals surface area (Å²) in [6.45, 7) is 3.49. The molecule has 1 aromatic carbocycles. The third-order valence-corrected chi connectivity index (χ3v) is 4.75. The first kappa shape index (κ1) is 16.3. The van der Waals surface area contributed by atoms with E-state index in [2.05, 4.69) is 6.92 Å². The Morgan fingerprint density at radius 3 is 2.57 bits per heavy atom. The van der Waals surface area contributed by atoms with Crippen LogP contribution in [0.3, 0.4) is 0 Å². The lowest BCUT2D eigenvalue weighted by Crippen LogP contribution is -2.48. The highest BCUT2D eigenvalue weighted by atomic mass is 35.5. The predicted octanol–water partition coefficient (Wildman–Crippen LogP) is 3.25. The highest BCUT2D eigenvalue weighted by Gasteiger charge is 2.31. The fourth-order valence-electron chi connectivity index (χ4n) is 3.35. The molecule has 2 unspecified atom stereocenters. The summed E-state index contributed by atoms with van der Waals surface area (Å²) in [4.78, 5) is 14.7. The maximum Gasteiger partial charge on any atom is 0.227 e. The van der Waals surface area contributed by atoms with Crippen molar-refractivity contribution in [2.24, 2.45) is 11.7 Å². The van der Waals surface area contributed by atoms with Gasteiger partial charge in [-0.3, -0.25) is 4.79 Å². The highest BCUT2D eigenvalue weighted by Crippen LogP contribution is 2.28. The molecule has 0 aliphatic heterocycles. The van der Waals surface area contributed by atoms with E-state index < -0.39 is 0 Å². The number of carbonyl (C=O) groups is 1. The molecule has 21 heavy (non-hydrogen) atoms. The van der Waals surface area contributed by atoms with E-state index in [-0.39, 0.29) is 5.91 Å². The van der Waals surface area contributed by atoms with Gasteiger partial charge in [0, 0.05) is 17.6 Å². The van der Waals surface area contributed by atoms with E-state index in [0.717, 1.165) is 24.9 Å². The van der Waals surface area contributed by atoms with Crippen LogP contribution in [-0.4, -0.2) is 29.9 Å². The topological polar surface area (TPSA) is 46.3 Å². The molecule has 3 nitrogen and oxygen atoms in total. The van der Waals surface area contributed by atoms with Crippen LogP contribution in [0.25, 0.3) is 0 Å². The molecule has 2 atom stereocenters. The third-order valence-electron chi connectivity index (χ3n) is 4.50. The van der Waals surface area contributed by atoms with Crippen molar-refractivity contribution in [3.63, 3.8) is 0 Å². The van der Waals surface area contributed by atoms with Gasteiger partial charge in [0.1, 0.15) is 0 Å². The minimum absolute atomic E-state index is 0.199. The molecular weight excluding hydrogens is 284 g/mol. The Bertz CT molecular complexity index is 460. The molecule has 1 aliphatic carbocycles. The number of nitrogens with zero attached hydrogens (tertiary/aromatic N) is 1. The van der Waals surface area contributed by atoms with Gasteiger partial charge < -0.3 is 10.6 Å². The second-order valence-electron chi connectivity index (χ2n) is 5.83. The lowest BCUT2D eigenvalue weighted by Gasteiger charge is -2.39. The van der Waals surface area contributed by atoms with Crippen molar-refractivity contribution in [3.05, 3.63) is 34.9 Å². The van der Waals surface area contributed by atoms with Gasteiger partial charge in [0.25, 0.3) is 0 Å². The van der Waals surface area contributed by atoms with Gasteiger partial charge in [-0.2, -0.15) is 0 Å². The number of nitrogens with two attached hydrogens (primary N) is 1. The van der Waals surface area contributed by atoms with Crippen LogP contribution in [0.4, 0.5) is 0 Å². The molecule has 2 N–H and O–H groups in total. The molecule has 1 fully saturated rings. The number of halogens is 1. The highest BCUT2D eigenvalue weighted by molar-refractivity contribution is 6.30. The van der Waals surface area contributed by atoms with Gasteiger partial charge in [0.05, 0.1) is 6.42 Å². The predicted molar refractivity (Wildman–Crippen MR) is 87.3 cm³/mol. The Labute approximate surface area is 132 Å². The van der Waals surface area contributed by atoms with Crippen molar-refractivity contribution in [2.75, 3.05) is 13.1 Å². The van der Waals surface area contributed by atoms with Crippen molar-refractivity contribution in [3.8, 4) is 0 Å². The monoisotopic (exact) mass is 308 g/mol. The van der Waals surface area contributed by atoms with Gasteiger partial charge in [0.2, 0.25) is 5.91 Å². The van der Waals surface area contributed by atoms with Gasteiger partial charge in [-0.15, -0.1) is 0 Å². The van der Waals surface area contributed by atoms with Crippen molar-refractivity contribution in [1.82, 2.24) is 4.90 Å². The largest absolute Gasteiger partial charge is 0.339 e. The second-order valence-corrected chi connectivity index (χ2v) is 6.27. The van der Waals surface area contributed by atoms with Gasteiger partial charge in [0.15, 0.2) is 0 Å². The summed E-state index contributed by atoms with van der Waals surface area (Å²) in [6.07, 6.45) is 5.11. The van der Waals surface area contributed by atoms with E-state index in [1.54, 1.807) is 0 Å². The van der Waals surface area contributed by atoms with Gasteiger partial charge >= 0.3 is 0 Å². The minimum atomic E-state index is 0.199. The Morgan fingerprint density at radius 2 is 1.95 bits per heavy atom. The van der Waals surface area contributed by atoms with E-state index in [1.165, 1.54) is 12.8 Å². The van der Waals surface area contributed by atoms with E-state index in [9.17, 15) is 4.79 Å². The summed E-state index contributed by atoms with van der Waals surface area (Å²) in [6, 6.07) is 7.84. The molecule has 4 heteroatoms. The number of amides is 1. The van der Waals surface area contributed by atoms with Crippen LogP contribution in [0.1, 0.15) is 38.2 Å². The number of benzene rings is 1. The minimum Gasteiger partial charge on any atom is -0.339 e. The van der Waals surface area contributed by atoms with Crippen LogP contribution in [0.15, 0.2) is 24.3 Å². The molecule has 0 radical (unpaired) electrons. The molecule has 1 aromatic rings. The lowest BCUT2D eigenvalue weighted by molar-refractivity contribution is -0.134. The van der Waals surface area contributed by atoms with E-state index in [4.69, 9.17) is 17.3 Å². The fourth-order valence-corrected chi connectivity index (χ4v) is 3.47. The van der Waals surface area contributed by atoms with Crippen LogP contribution in [0.2, 0.25) is 5.02 Å². The SMILES string of the molecule is CCN(C(=O)Cc1ccc(Cl)cc1)C1CCCCC1CN. The Kier molecular flexibility index (Phi) is 6.07. The second kappa shape index (κ2) is 7.81. The summed E-state index contributed by atoms with van der Waals surface area (Å²) >= 11 is 5.89. The average Bonchev–Trinajstić information content (AvgIpc) is 2.51. The zero-order valence-corrected chi connectivity index (χ0v) is 13.5. The zero-order chi connectivity index (χ0) is 15.2. The first-order chi connectivity index (χ1) is 10.2. The summed E-state index contributed by atoms with van der Waals surface area (Å²) in [5.41, 5.74) is 6.92. The molecule has 2 rings (SSSR count). The maximum atomic E-state index is 12.6. The van der Waals surface area contributed by atoms with Crippen molar-refractivity contribution in [2.45, 2.75) is 45.1 Å². The normalized spacial score (nSPS) is 22.0. The van der Waals surface area contributed by atoms with E-state index in [0.29, 0.717) is 29.9 Å². The van der Waals surface area contributed by atoms with Crippen LogP contribution >= 0.6 is 11.6 Å². The molecule has 0 saturated heterocycles.